The van der Waals surface area contributed by atoms with Crippen LogP contribution in [0.4, 0.5) is 0 Å². The van der Waals surface area contributed by atoms with Gasteiger partial charge in [-0.2, -0.15) is 5.10 Å². The number of nitrogens with one attached hydrogen (secondary N) is 1. The number of hydrazone groups is 1. The smallest absolute Gasteiger partial charge is 0.355 e. The summed E-state index contributed by atoms with van der Waals surface area (Å²) in [6, 6.07) is 0. The summed E-state index contributed by atoms with van der Waals surface area (Å²) in [5, 5.41) is 3.54. The molecule has 0 spiro atoms. The Morgan fingerprint density at radius 1 is 1.69 bits per heavy atom. The molecular weight excluding hydrogens is 172 g/mol. The molecule has 0 unspecified atom stereocenters. The van der Waals surface area contributed by atoms with E-state index in [9.17, 15) is 9.59 Å². The summed E-state index contributed by atoms with van der Waals surface area (Å²) in [6.07, 6.45) is 5.45. The molecule has 5 heteroatoms. The highest BCUT2D eigenvalue weighted by atomic mass is 16.5. The second kappa shape index (κ2) is 4.26. The van der Waals surface area contributed by atoms with Crippen LogP contribution in [0.3, 0.4) is 0 Å². The Morgan fingerprint density at radius 2 is 2.46 bits per heavy atom. The Kier molecular flexibility index (Phi) is 3.03. The van der Waals surface area contributed by atoms with Crippen molar-refractivity contribution in [2.75, 3.05) is 6.61 Å². The first-order valence-corrected chi connectivity index (χ1v) is 3.70. The number of nitrogens with zero attached hydrogens (tertiary/aromatic N) is 1. The van der Waals surface area contributed by atoms with E-state index in [-0.39, 0.29) is 24.6 Å². The van der Waals surface area contributed by atoms with Gasteiger partial charge in [0, 0.05) is 12.8 Å². The minimum Gasteiger partial charge on any atom is -0.448 e. The summed E-state index contributed by atoms with van der Waals surface area (Å²) in [5.41, 5.74) is 2.39. The highest BCUT2D eigenvalue weighted by molar-refractivity contribution is 6.37. The van der Waals surface area contributed by atoms with E-state index >= 15 is 0 Å². The third kappa shape index (κ3) is 2.60. The Morgan fingerprint density at radius 3 is 3.00 bits per heavy atom. The average Bonchev–Trinajstić information content (AvgIpc) is 2.15. The Labute approximate surface area is 75.1 Å². The van der Waals surface area contributed by atoms with Crippen LogP contribution >= 0.6 is 0 Å². The summed E-state index contributed by atoms with van der Waals surface area (Å²) in [7, 11) is 0. The molecule has 1 N–H and O–H groups in total. The van der Waals surface area contributed by atoms with E-state index < -0.39 is 5.97 Å². The standard InChI is InChI=1S/C8H8N2O3/c1-2-5-13-8(12)6-3-4-7(11)10-9-6/h1H,3-5H2,(H,10,11). The Balaban J connectivity index is 2.49. The summed E-state index contributed by atoms with van der Waals surface area (Å²) in [6.45, 7) is -0.0776. The van der Waals surface area contributed by atoms with Gasteiger partial charge in [-0.25, -0.2) is 10.2 Å². The van der Waals surface area contributed by atoms with Gasteiger partial charge < -0.3 is 4.74 Å². The SMILES string of the molecule is C#CCOC(=O)C1=NNC(=O)CC1. The molecule has 1 heterocycles. The van der Waals surface area contributed by atoms with Crippen molar-refractivity contribution in [2.24, 2.45) is 5.10 Å². The number of amides is 1. The van der Waals surface area contributed by atoms with Gasteiger partial charge in [-0.3, -0.25) is 4.79 Å². The number of terminal acetylenes is 1. The van der Waals surface area contributed by atoms with Crippen LogP contribution in [0.2, 0.25) is 0 Å². The lowest BCUT2D eigenvalue weighted by Crippen LogP contribution is -2.30. The minimum atomic E-state index is -0.571. The van der Waals surface area contributed by atoms with Crippen LogP contribution in [0.15, 0.2) is 5.10 Å². The van der Waals surface area contributed by atoms with Crippen LogP contribution in [0.25, 0.3) is 0 Å². The molecule has 0 bridgehead atoms. The zero-order chi connectivity index (χ0) is 9.68. The summed E-state index contributed by atoms with van der Waals surface area (Å²) < 4.78 is 4.61. The first-order chi connectivity index (χ1) is 6.24. The fourth-order valence-electron chi connectivity index (χ4n) is 0.812. The lowest BCUT2D eigenvalue weighted by molar-refractivity contribution is -0.134. The second-order valence-electron chi connectivity index (χ2n) is 2.37. The summed E-state index contributed by atoms with van der Waals surface area (Å²) in [4.78, 5) is 21.7. The lowest BCUT2D eigenvalue weighted by atomic mass is 10.2. The maximum absolute atomic E-state index is 11.1. The van der Waals surface area contributed by atoms with Gasteiger partial charge in [0.25, 0.3) is 0 Å². The molecule has 1 aliphatic heterocycles. The molecule has 0 aliphatic carbocycles. The van der Waals surface area contributed by atoms with Crippen LogP contribution in [0, 0.1) is 12.3 Å². The maximum Gasteiger partial charge on any atom is 0.355 e. The molecule has 1 amide bonds. The molecule has 0 aromatic heterocycles. The van der Waals surface area contributed by atoms with E-state index in [1.807, 2.05) is 0 Å². The van der Waals surface area contributed by atoms with Crippen molar-refractivity contribution < 1.29 is 14.3 Å². The zero-order valence-electron chi connectivity index (χ0n) is 6.87. The van der Waals surface area contributed by atoms with E-state index in [2.05, 4.69) is 21.2 Å². The van der Waals surface area contributed by atoms with Gasteiger partial charge in [0.15, 0.2) is 6.61 Å². The maximum atomic E-state index is 11.1. The molecule has 0 saturated heterocycles. The van der Waals surface area contributed by atoms with E-state index in [0.717, 1.165) is 0 Å². The molecular formula is C8H8N2O3. The number of carbonyl (C=O) groups is 2. The molecule has 5 nitrogen and oxygen atoms in total. The van der Waals surface area contributed by atoms with Gasteiger partial charge in [0.05, 0.1) is 0 Å². The Hall–Kier alpha value is -1.83. The summed E-state index contributed by atoms with van der Waals surface area (Å²) >= 11 is 0. The van der Waals surface area contributed by atoms with Gasteiger partial charge >= 0.3 is 5.97 Å². The molecule has 1 rings (SSSR count). The highest BCUT2D eigenvalue weighted by Gasteiger charge is 2.18. The predicted molar refractivity (Wildman–Crippen MR) is 44.6 cm³/mol. The van der Waals surface area contributed by atoms with Crippen molar-refractivity contribution in [3.63, 3.8) is 0 Å². The normalized spacial score (nSPS) is 15.3. The van der Waals surface area contributed by atoms with E-state index in [4.69, 9.17) is 6.42 Å². The van der Waals surface area contributed by atoms with Crippen LogP contribution in [-0.4, -0.2) is 24.2 Å². The van der Waals surface area contributed by atoms with E-state index in [1.165, 1.54) is 0 Å². The molecule has 0 saturated carbocycles. The number of carbonyl (C=O) groups excluding carboxylic acids is 2. The lowest BCUT2D eigenvalue weighted by Gasteiger charge is -2.09. The van der Waals surface area contributed by atoms with Crippen molar-refractivity contribution >= 4 is 17.6 Å². The number of esters is 1. The first kappa shape index (κ1) is 9.26. The summed E-state index contributed by atoms with van der Waals surface area (Å²) in [5.74, 6) is 1.39. The van der Waals surface area contributed by atoms with Crippen molar-refractivity contribution in [1.82, 2.24) is 5.43 Å². The molecule has 0 aromatic carbocycles. The minimum absolute atomic E-state index is 0.0776. The number of rotatable bonds is 2. The van der Waals surface area contributed by atoms with Gasteiger partial charge in [-0.1, -0.05) is 5.92 Å². The van der Waals surface area contributed by atoms with Crippen LogP contribution in [0.1, 0.15) is 12.8 Å². The van der Waals surface area contributed by atoms with Gasteiger partial charge in [0.2, 0.25) is 5.91 Å². The van der Waals surface area contributed by atoms with Gasteiger partial charge in [-0.15, -0.1) is 6.42 Å². The number of ether oxygens (including phenoxy) is 1. The monoisotopic (exact) mass is 180 g/mol. The Bertz CT molecular complexity index is 301. The van der Waals surface area contributed by atoms with Crippen molar-refractivity contribution in [1.29, 1.82) is 0 Å². The molecule has 0 radical (unpaired) electrons. The van der Waals surface area contributed by atoms with Crippen molar-refractivity contribution in [2.45, 2.75) is 12.8 Å². The van der Waals surface area contributed by atoms with Crippen LogP contribution in [-0.2, 0) is 14.3 Å². The number of hydrogen-bond donors (Lipinski definition) is 1. The zero-order valence-corrected chi connectivity index (χ0v) is 6.87. The molecule has 0 fully saturated rings. The molecule has 0 atom stereocenters. The molecule has 13 heavy (non-hydrogen) atoms. The average molecular weight is 180 g/mol. The van der Waals surface area contributed by atoms with Crippen LogP contribution in [0.5, 0.6) is 0 Å². The van der Waals surface area contributed by atoms with Crippen LogP contribution < -0.4 is 5.43 Å². The van der Waals surface area contributed by atoms with E-state index in [1.54, 1.807) is 0 Å². The fourth-order valence-corrected chi connectivity index (χ4v) is 0.812. The molecule has 0 aromatic rings. The topological polar surface area (TPSA) is 67.8 Å². The van der Waals surface area contributed by atoms with Crippen molar-refractivity contribution in [3.8, 4) is 12.3 Å². The fraction of sp³-hybridized carbons (Fsp3) is 0.375. The third-order valence-electron chi connectivity index (χ3n) is 1.43. The van der Waals surface area contributed by atoms with Gasteiger partial charge in [-0.05, 0) is 0 Å². The third-order valence-corrected chi connectivity index (χ3v) is 1.43. The number of hydrogen-bond acceptors (Lipinski definition) is 4. The van der Waals surface area contributed by atoms with Crippen molar-refractivity contribution in [3.05, 3.63) is 0 Å². The molecule has 68 valence electrons. The van der Waals surface area contributed by atoms with Gasteiger partial charge in [0.1, 0.15) is 5.71 Å². The second-order valence-corrected chi connectivity index (χ2v) is 2.37. The van der Waals surface area contributed by atoms with E-state index in [0.29, 0.717) is 6.42 Å². The first-order valence-electron chi connectivity index (χ1n) is 3.70. The predicted octanol–water partition coefficient (Wildman–Crippen LogP) is -0.571. The quantitative estimate of drug-likeness (QED) is 0.457. The highest BCUT2D eigenvalue weighted by Crippen LogP contribution is 2.00. The largest absolute Gasteiger partial charge is 0.448 e. The molecule has 1 aliphatic rings.